The lowest BCUT2D eigenvalue weighted by atomic mass is 9.94. The smallest absolute Gasteiger partial charge is 0.262 e. The number of aromatic hydroxyl groups is 1. The Bertz CT molecular complexity index is 1570. The van der Waals surface area contributed by atoms with Crippen LogP contribution in [0, 0.1) is 5.82 Å². The lowest BCUT2D eigenvalue weighted by Crippen LogP contribution is -2.51. The van der Waals surface area contributed by atoms with Crippen molar-refractivity contribution in [1.29, 1.82) is 0 Å². The molecule has 7 nitrogen and oxygen atoms in total. The van der Waals surface area contributed by atoms with E-state index in [0.29, 0.717) is 41.0 Å². The van der Waals surface area contributed by atoms with Gasteiger partial charge in [-0.15, -0.1) is 0 Å². The van der Waals surface area contributed by atoms with Gasteiger partial charge < -0.3 is 20.1 Å². The van der Waals surface area contributed by atoms with E-state index in [0.717, 1.165) is 56.4 Å². The molecule has 0 amide bonds. The summed E-state index contributed by atoms with van der Waals surface area (Å²) in [6.07, 6.45) is 6.93. The van der Waals surface area contributed by atoms with E-state index < -0.39 is 17.3 Å². The number of nitrogens with one attached hydrogen (secondary N) is 1. The maximum Gasteiger partial charge on any atom is 0.262 e. The third-order valence-electron chi connectivity index (χ3n) is 9.90. The van der Waals surface area contributed by atoms with Crippen LogP contribution < -0.4 is 15.0 Å². The van der Waals surface area contributed by atoms with Gasteiger partial charge in [0, 0.05) is 59.8 Å². The molecule has 222 valence electrons. The molecule has 4 aliphatic heterocycles. The first-order valence-corrected chi connectivity index (χ1v) is 15.3. The van der Waals surface area contributed by atoms with Crippen LogP contribution in [0.1, 0.15) is 56.4 Å². The average molecular weight is 600 g/mol. The number of phenolic OH excluding ortho intramolecular Hbond substituents is 1. The van der Waals surface area contributed by atoms with Gasteiger partial charge in [0.1, 0.15) is 23.6 Å². The number of alkyl halides is 2. The molecule has 2 aromatic heterocycles. The van der Waals surface area contributed by atoms with Crippen molar-refractivity contribution < 1.29 is 23.0 Å². The van der Waals surface area contributed by atoms with E-state index in [2.05, 4.69) is 20.2 Å². The zero-order chi connectivity index (χ0) is 28.8. The normalized spacial score (nSPS) is 28.5. The van der Waals surface area contributed by atoms with Crippen LogP contribution in [0.2, 0.25) is 5.02 Å². The fourth-order valence-electron chi connectivity index (χ4n) is 7.90. The lowest BCUT2D eigenvalue weighted by Gasteiger charge is -2.35. The molecule has 11 heteroatoms. The number of anilines is 1. The molecule has 3 unspecified atom stereocenters. The van der Waals surface area contributed by atoms with Gasteiger partial charge in [0.15, 0.2) is 5.82 Å². The first-order valence-electron chi connectivity index (χ1n) is 15.0. The standard InChI is InChI=1S/C31H33ClF3N5O2/c32-23-9-20(41)8-21(26(23)17-2-3-17)28-27(33)29-22(11-36-28)24(39-12-18-4-5-19(13-39)37-18)10-25(38-29)42-16-30-6-1-7-40(30)15-31(34,35)14-30/h8-11,17-19,37,41H,1-7,12-16H2. The summed E-state index contributed by atoms with van der Waals surface area (Å²) in [7, 11) is 0. The SMILES string of the molecule is Oc1cc(Cl)c(C2CC2)c(-c2ncc3c(N4CC5CCC(C4)N5)cc(OCC45CCCN4CC(F)(F)C5)nc3c2F)c1. The minimum atomic E-state index is -2.75. The maximum absolute atomic E-state index is 16.6. The van der Waals surface area contributed by atoms with Gasteiger partial charge in [-0.25, -0.2) is 18.2 Å². The zero-order valence-electron chi connectivity index (χ0n) is 23.2. The number of halogens is 4. The molecule has 2 bridgehead atoms. The summed E-state index contributed by atoms with van der Waals surface area (Å²) >= 11 is 6.53. The van der Waals surface area contributed by atoms with Crippen molar-refractivity contribution in [1.82, 2.24) is 20.2 Å². The van der Waals surface area contributed by atoms with Gasteiger partial charge in [0.2, 0.25) is 5.88 Å². The van der Waals surface area contributed by atoms with Crippen molar-refractivity contribution in [2.45, 2.75) is 74.4 Å². The average Bonchev–Trinajstić information content (AvgIpc) is 3.55. The highest BCUT2D eigenvalue weighted by Gasteiger charge is 2.57. The number of piperazine rings is 1. The van der Waals surface area contributed by atoms with Crippen molar-refractivity contribution in [3.8, 4) is 22.9 Å². The first kappa shape index (κ1) is 26.8. The highest BCUT2D eigenvalue weighted by atomic mass is 35.5. The third-order valence-corrected chi connectivity index (χ3v) is 10.2. The number of nitrogens with zero attached hydrogens (tertiary/aromatic N) is 4. The largest absolute Gasteiger partial charge is 0.508 e. The fraction of sp³-hybridized carbons (Fsp3) is 0.548. The monoisotopic (exact) mass is 599 g/mol. The molecule has 3 aromatic rings. The summed E-state index contributed by atoms with van der Waals surface area (Å²) in [4.78, 5) is 13.3. The molecule has 1 aliphatic carbocycles. The van der Waals surface area contributed by atoms with Crippen LogP contribution in [0.25, 0.3) is 22.2 Å². The Kier molecular flexibility index (Phi) is 6.12. The second kappa shape index (κ2) is 9.59. The molecule has 0 radical (unpaired) electrons. The number of rotatable bonds is 6. The Balaban J connectivity index is 1.23. The summed E-state index contributed by atoms with van der Waals surface area (Å²) in [6, 6.07) is 5.50. The van der Waals surface area contributed by atoms with Crippen LogP contribution in [0.3, 0.4) is 0 Å². The predicted molar refractivity (Wildman–Crippen MR) is 154 cm³/mol. The lowest BCUT2D eigenvalue weighted by molar-refractivity contribution is 0.00812. The van der Waals surface area contributed by atoms with Crippen molar-refractivity contribution >= 4 is 28.2 Å². The molecule has 42 heavy (non-hydrogen) atoms. The van der Waals surface area contributed by atoms with Gasteiger partial charge >= 0.3 is 0 Å². The molecule has 6 heterocycles. The van der Waals surface area contributed by atoms with Crippen molar-refractivity contribution in [3.05, 3.63) is 40.8 Å². The number of fused-ring (bicyclic) bond motifs is 4. The summed E-state index contributed by atoms with van der Waals surface area (Å²) in [5, 5.41) is 14.9. The molecule has 1 aromatic carbocycles. The molecule has 8 rings (SSSR count). The summed E-state index contributed by atoms with van der Waals surface area (Å²) in [6.45, 7) is 1.96. The molecule has 1 saturated carbocycles. The Morgan fingerprint density at radius 2 is 1.90 bits per heavy atom. The zero-order valence-corrected chi connectivity index (χ0v) is 23.9. The molecule has 5 fully saturated rings. The van der Waals surface area contributed by atoms with E-state index in [9.17, 15) is 13.9 Å². The third kappa shape index (κ3) is 4.48. The van der Waals surface area contributed by atoms with Crippen molar-refractivity contribution in [2.75, 3.05) is 37.7 Å². The van der Waals surface area contributed by atoms with Gasteiger partial charge in [0.05, 0.1) is 17.8 Å². The van der Waals surface area contributed by atoms with E-state index in [1.54, 1.807) is 6.20 Å². The highest BCUT2D eigenvalue weighted by molar-refractivity contribution is 6.32. The van der Waals surface area contributed by atoms with Crippen LogP contribution in [-0.4, -0.2) is 76.3 Å². The number of phenols is 1. The summed E-state index contributed by atoms with van der Waals surface area (Å²) in [5.41, 5.74) is 1.47. The van der Waals surface area contributed by atoms with Crippen LogP contribution in [0.4, 0.5) is 18.9 Å². The van der Waals surface area contributed by atoms with Crippen molar-refractivity contribution in [2.24, 2.45) is 0 Å². The van der Waals surface area contributed by atoms with E-state index in [1.165, 1.54) is 12.1 Å². The van der Waals surface area contributed by atoms with Crippen LogP contribution in [0.15, 0.2) is 24.4 Å². The fourth-order valence-corrected chi connectivity index (χ4v) is 8.26. The maximum atomic E-state index is 16.6. The van der Waals surface area contributed by atoms with Gasteiger partial charge in [0.25, 0.3) is 5.92 Å². The van der Waals surface area contributed by atoms with E-state index in [-0.39, 0.29) is 48.3 Å². The number of hydrogen-bond donors (Lipinski definition) is 2. The molecule has 5 aliphatic rings. The number of benzene rings is 1. The van der Waals surface area contributed by atoms with Gasteiger partial charge in [-0.05, 0) is 68.7 Å². The van der Waals surface area contributed by atoms with E-state index in [1.807, 2.05) is 11.0 Å². The van der Waals surface area contributed by atoms with Gasteiger partial charge in [-0.1, -0.05) is 11.6 Å². The summed E-state index contributed by atoms with van der Waals surface area (Å²) < 4.78 is 51.7. The van der Waals surface area contributed by atoms with Gasteiger partial charge in [-0.3, -0.25) is 9.88 Å². The van der Waals surface area contributed by atoms with Crippen LogP contribution >= 0.6 is 11.6 Å². The first-order chi connectivity index (χ1) is 20.2. The van der Waals surface area contributed by atoms with E-state index >= 15 is 4.39 Å². The number of hydrogen-bond acceptors (Lipinski definition) is 7. The number of aromatic nitrogens is 2. The molecule has 4 saturated heterocycles. The summed E-state index contributed by atoms with van der Waals surface area (Å²) in [5.74, 6) is -3.02. The Hall–Kier alpha value is -2.82. The van der Waals surface area contributed by atoms with Gasteiger partial charge in [-0.2, -0.15) is 0 Å². The Labute approximate surface area is 247 Å². The topological polar surface area (TPSA) is 73.8 Å². The molecule has 2 N–H and O–H groups in total. The molecular weight excluding hydrogens is 567 g/mol. The Morgan fingerprint density at radius 1 is 1.12 bits per heavy atom. The second-order valence-corrected chi connectivity index (χ2v) is 13.3. The van der Waals surface area contributed by atoms with Crippen LogP contribution in [-0.2, 0) is 0 Å². The quantitative estimate of drug-likeness (QED) is 0.367. The van der Waals surface area contributed by atoms with E-state index in [4.69, 9.17) is 16.3 Å². The predicted octanol–water partition coefficient (Wildman–Crippen LogP) is 5.87. The Morgan fingerprint density at radius 3 is 2.67 bits per heavy atom. The number of pyridine rings is 2. The van der Waals surface area contributed by atoms with Crippen molar-refractivity contribution in [3.63, 3.8) is 0 Å². The van der Waals surface area contributed by atoms with Crippen LogP contribution in [0.5, 0.6) is 11.6 Å². The highest BCUT2D eigenvalue weighted by Crippen LogP contribution is 2.50. The minimum Gasteiger partial charge on any atom is -0.508 e. The number of ether oxygens (including phenoxy) is 1. The molecular formula is C31H33ClF3N5O2. The second-order valence-electron chi connectivity index (χ2n) is 12.9. The molecule has 3 atom stereocenters. The minimum absolute atomic E-state index is 0.0588. The molecule has 0 spiro atoms.